The van der Waals surface area contributed by atoms with Gasteiger partial charge in [0.05, 0.1) is 11.5 Å². The molecule has 1 aliphatic heterocycles. The van der Waals surface area contributed by atoms with Crippen molar-refractivity contribution in [2.24, 2.45) is 0 Å². The minimum Gasteiger partial charge on any atom is -0.489 e. The van der Waals surface area contributed by atoms with Crippen LogP contribution in [0.3, 0.4) is 0 Å². The number of rotatable bonds is 3. The van der Waals surface area contributed by atoms with E-state index in [4.69, 9.17) is 16.3 Å². The Morgan fingerprint density at radius 1 is 1.42 bits per heavy atom. The number of hydrogen-bond donors (Lipinski definition) is 0. The van der Waals surface area contributed by atoms with Crippen molar-refractivity contribution in [3.05, 3.63) is 29.8 Å². The highest BCUT2D eigenvalue weighted by atomic mass is 35.5. The van der Waals surface area contributed by atoms with Crippen LogP contribution in [-0.4, -0.2) is 31.9 Å². The van der Waals surface area contributed by atoms with Crippen molar-refractivity contribution in [1.82, 2.24) is 0 Å². The first-order valence-corrected chi connectivity index (χ1v) is 8.47. The maximum absolute atomic E-state index is 11.4. The lowest BCUT2D eigenvalue weighted by molar-refractivity contribution is 0.229. The van der Waals surface area contributed by atoms with E-state index < -0.39 is 9.84 Å². The van der Waals surface area contributed by atoms with Crippen LogP contribution in [0.25, 0.3) is 0 Å². The van der Waals surface area contributed by atoms with Gasteiger partial charge in [0.2, 0.25) is 0 Å². The molecule has 3 nitrogen and oxygen atoms in total. The molecule has 1 saturated heterocycles. The fraction of sp³-hybridized carbons (Fsp3) is 0.429. The van der Waals surface area contributed by atoms with Gasteiger partial charge in [-0.05, 0) is 24.6 Å². The van der Waals surface area contributed by atoms with Crippen molar-refractivity contribution in [1.29, 1.82) is 0 Å². The Kier molecular flexibility index (Phi) is 4.73. The first kappa shape index (κ1) is 14.2. The zero-order valence-electron chi connectivity index (χ0n) is 10.4. The van der Waals surface area contributed by atoms with Crippen molar-refractivity contribution < 1.29 is 13.2 Å². The first-order chi connectivity index (χ1) is 9.09. The summed E-state index contributed by atoms with van der Waals surface area (Å²) in [5, 5.41) is 0. The Hall–Kier alpha value is -1.18. The second-order valence-corrected chi connectivity index (χ2v) is 7.02. The Morgan fingerprint density at radius 2 is 2.26 bits per heavy atom. The van der Waals surface area contributed by atoms with Crippen LogP contribution in [0, 0.1) is 11.8 Å². The average Bonchev–Trinajstić information content (AvgIpc) is 2.69. The molecular weight excluding hydrogens is 284 g/mol. The van der Waals surface area contributed by atoms with Gasteiger partial charge in [0, 0.05) is 17.9 Å². The number of sulfone groups is 1. The molecule has 19 heavy (non-hydrogen) atoms. The Balaban J connectivity index is 2.02. The average molecular weight is 299 g/mol. The molecule has 0 radical (unpaired) electrons. The van der Waals surface area contributed by atoms with Gasteiger partial charge in [0.1, 0.15) is 11.9 Å². The molecule has 1 fully saturated rings. The monoisotopic (exact) mass is 298 g/mol. The van der Waals surface area contributed by atoms with Crippen LogP contribution in [0.15, 0.2) is 24.3 Å². The summed E-state index contributed by atoms with van der Waals surface area (Å²) in [4.78, 5) is 0. The van der Waals surface area contributed by atoms with Crippen LogP contribution in [0.5, 0.6) is 5.75 Å². The molecular formula is C14H15ClO3S. The van der Waals surface area contributed by atoms with Gasteiger partial charge in [0.15, 0.2) is 9.84 Å². The third-order valence-corrected chi connectivity index (χ3v) is 4.71. The van der Waals surface area contributed by atoms with E-state index in [0.29, 0.717) is 24.5 Å². The summed E-state index contributed by atoms with van der Waals surface area (Å²) in [5.74, 6) is 7.45. The quantitative estimate of drug-likeness (QED) is 0.635. The predicted octanol–water partition coefficient (Wildman–Crippen LogP) is 2.23. The number of halogens is 1. The highest BCUT2D eigenvalue weighted by molar-refractivity contribution is 7.91. The summed E-state index contributed by atoms with van der Waals surface area (Å²) in [6.07, 6.45) is 0.967. The molecule has 0 amide bonds. The van der Waals surface area contributed by atoms with Crippen LogP contribution < -0.4 is 4.74 Å². The number of benzene rings is 1. The third kappa shape index (κ3) is 4.45. The fourth-order valence-electron chi connectivity index (χ4n) is 1.91. The van der Waals surface area contributed by atoms with Gasteiger partial charge in [-0.1, -0.05) is 17.9 Å². The van der Waals surface area contributed by atoms with Gasteiger partial charge in [-0.25, -0.2) is 8.42 Å². The summed E-state index contributed by atoms with van der Waals surface area (Å²) in [6.45, 7) is 0. The second-order valence-electron chi connectivity index (χ2n) is 4.41. The van der Waals surface area contributed by atoms with Gasteiger partial charge in [-0.15, -0.1) is 11.6 Å². The number of hydrogen-bond acceptors (Lipinski definition) is 3. The standard InChI is InChI=1S/C14H15ClO3S/c15-8-2-1-4-12-5-3-6-13(10-12)18-14-7-9-19(16,17)11-14/h3,5-6,10,14H,2,7-9,11H2. The molecule has 1 atom stereocenters. The van der Waals surface area contributed by atoms with E-state index in [2.05, 4.69) is 11.8 Å². The van der Waals surface area contributed by atoms with Gasteiger partial charge < -0.3 is 4.74 Å². The van der Waals surface area contributed by atoms with E-state index in [1.807, 2.05) is 24.3 Å². The minimum absolute atomic E-state index is 0.106. The fourth-order valence-corrected chi connectivity index (χ4v) is 3.59. The predicted molar refractivity (Wildman–Crippen MR) is 76.3 cm³/mol. The van der Waals surface area contributed by atoms with Crippen LogP contribution in [0.4, 0.5) is 0 Å². The largest absolute Gasteiger partial charge is 0.489 e. The first-order valence-electron chi connectivity index (χ1n) is 6.11. The van der Waals surface area contributed by atoms with Crippen molar-refractivity contribution in [2.45, 2.75) is 18.9 Å². The summed E-state index contributed by atoms with van der Waals surface area (Å²) in [5.41, 5.74) is 0.850. The van der Waals surface area contributed by atoms with E-state index in [-0.39, 0.29) is 17.6 Å². The summed E-state index contributed by atoms with van der Waals surface area (Å²) in [6, 6.07) is 7.38. The highest BCUT2D eigenvalue weighted by Crippen LogP contribution is 2.20. The molecule has 2 rings (SSSR count). The van der Waals surface area contributed by atoms with E-state index in [1.165, 1.54) is 0 Å². The summed E-state index contributed by atoms with van der Waals surface area (Å²) >= 11 is 5.56. The molecule has 0 aromatic heterocycles. The zero-order valence-corrected chi connectivity index (χ0v) is 12.0. The van der Waals surface area contributed by atoms with Gasteiger partial charge >= 0.3 is 0 Å². The lowest BCUT2D eigenvalue weighted by Gasteiger charge is -2.11. The topological polar surface area (TPSA) is 43.4 Å². The number of ether oxygens (including phenoxy) is 1. The Morgan fingerprint density at radius 3 is 2.95 bits per heavy atom. The van der Waals surface area contributed by atoms with E-state index in [0.717, 1.165) is 5.56 Å². The van der Waals surface area contributed by atoms with E-state index >= 15 is 0 Å². The molecule has 1 aromatic rings. The molecule has 0 saturated carbocycles. The maximum atomic E-state index is 11.4. The SMILES string of the molecule is O=S1(=O)CCC(Oc2cccc(C#CCCCl)c2)C1. The van der Waals surface area contributed by atoms with Crippen LogP contribution in [0.1, 0.15) is 18.4 Å². The zero-order chi connectivity index (χ0) is 13.7. The molecule has 1 heterocycles. The van der Waals surface area contributed by atoms with Crippen molar-refractivity contribution in [3.8, 4) is 17.6 Å². The third-order valence-electron chi connectivity index (χ3n) is 2.78. The van der Waals surface area contributed by atoms with E-state index in [1.54, 1.807) is 0 Å². The molecule has 1 aliphatic rings. The Labute approximate surface area is 118 Å². The van der Waals surface area contributed by atoms with Crippen LogP contribution >= 0.6 is 11.6 Å². The second kappa shape index (κ2) is 6.31. The van der Waals surface area contributed by atoms with Gasteiger partial charge in [-0.3, -0.25) is 0 Å². The molecule has 102 valence electrons. The molecule has 0 bridgehead atoms. The molecule has 0 aliphatic carbocycles. The summed E-state index contributed by atoms with van der Waals surface area (Å²) in [7, 11) is -2.91. The van der Waals surface area contributed by atoms with Crippen LogP contribution in [-0.2, 0) is 9.84 Å². The molecule has 0 N–H and O–H groups in total. The molecule has 1 aromatic carbocycles. The maximum Gasteiger partial charge on any atom is 0.154 e. The molecule has 5 heteroatoms. The Bertz CT molecular complexity index is 599. The number of alkyl halides is 1. The molecule has 1 unspecified atom stereocenters. The van der Waals surface area contributed by atoms with Crippen molar-refractivity contribution in [3.63, 3.8) is 0 Å². The van der Waals surface area contributed by atoms with Crippen molar-refractivity contribution >= 4 is 21.4 Å². The summed E-state index contributed by atoms with van der Waals surface area (Å²) < 4.78 is 28.4. The smallest absolute Gasteiger partial charge is 0.154 e. The highest BCUT2D eigenvalue weighted by Gasteiger charge is 2.29. The normalized spacial score (nSPS) is 20.6. The lowest BCUT2D eigenvalue weighted by Crippen LogP contribution is -2.17. The minimum atomic E-state index is -2.91. The van der Waals surface area contributed by atoms with Gasteiger partial charge in [-0.2, -0.15) is 0 Å². The van der Waals surface area contributed by atoms with E-state index in [9.17, 15) is 8.42 Å². The van der Waals surface area contributed by atoms with Crippen molar-refractivity contribution in [2.75, 3.05) is 17.4 Å². The van der Waals surface area contributed by atoms with Crippen LogP contribution in [0.2, 0.25) is 0 Å². The van der Waals surface area contributed by atoms with Gasteiger partial charge in [0.25, 0.3) is 0 Å². The molecule has 0 spiro atoms. The lowest BCUT2D eigenvalue weighted by atomic mass is 10.2.